The van der Waals surface area contributed by atoms with E-state index in [9.17, 15) is 8.78 Å². The third-order valence-electron chi connectivity index (χ3n) is 2.41. The van der Waals surface area contributed by atoms with E-state index >= 15 is 0 Å². The number of rotatable bonds is 4. The summed E-state index contributed by atoms with van der Waals surface area (Å²) >= 11 is 1.56. The third-order valence-corrected chi connectivity index (χ3v) is 3.14. The van der Waals surface area contributed by atoms with Gasteiger partial charge in [0.25, 0.3) is 0 Å². The van der Waals surface area contributed by atoms with Gasteiger partial charge in [-0.3, -0.25) is 0 Å². The molecular weight excluding hydrogens is 258 g/mol. The Morgan fingerprint density at radius 3 is 2.83 bits per heavy atom. The predicted molar refractivity (Wildman–Crippen MR) is 68.4 cm³/mol. The van der Waals surface area contributed by atoms with Gasteiger partial charge in [-0.1, -0.05) is 0 Å². The van der Waals surface area contributed by atoms with Crippen molar-refractivity contribution in [2.24, 2.45) is 5.84 Å². The Balaban J connectivity index is 2.26. The summed E-state index contributed by atoms with van der Waals surface area (Å²) in [6.07, 6.45) is 0. The quantitative estimate of drug-likeness (QED) is 0.661. The van der Waals surface area contributed by atoms with Crippen LogP contribution in [0.1, 0.15) is 5.56 Å². The molecule has 0 radical (unpaired) electrons. The minimum Gasteiger partial charge on any atom is -0.353 e. The van der Waals surface area contributed by atoms with Crippen molar-refractivity contribution in [3.8, 4) is 0 Å². The first-order chi connectivity index (χ1) is 8.61. The smallest absolute Gasteiger partial charge is 0.178 e. The highest BCUT2D eigenvalue weighted by Gasteiger charge is 2.15. The van der Waals surface area contributed by atoms with Crippen LogP contribution in [0.15, 0.2) is 22.9 Å². The molecule has 0 aliphatic heterocycles. The Hall–Kier alpha value is -1.73. The standard InChI is InChI=1S/C11H12F2N4S/c1-17(5-7-2-3-18-6-7)11-9(13)4-8(12)10(15-11)16-14/h2-4,6H,5,14H2,1H3,(H,15,16). The molecule has 0 aliphatic carbocycles. The van der Waals surface area contributed by atoms with Gasteiger partial charge < -0.3 is 10.3 Å². The minimum atomic E-state index is -0.817. The van der Waals surface area contributed by atoms with Crippen LogP contribution in [0.25, 0.3) is 0 Å². The second kappa shape index (κ2) is 5.28. The van der Waals surface area contributed by atoms with Crippen LogP contribution < -0.4 is 16.2 Å². The van der Waals surface area contributed by atoms with Crippen LogP contribution in [0.4, 0.5) is 20.4 Å². The summed E-state index contributed by atoms with van der Waals surface area (Å²) in [6.45, 7) is 0.489. The first kappa shape index (κ1) is 12.7. The molecular formula is C11H12F2N4S. The molecule has 0 atom stereocenters. The van der Waals surface area contributed by atoms with Gasteiger partial charge in [0.15, 0.2) is 23.3 Å². The van der Waals surface area contributed by atoms with Crippen LogP contribution >= 0.6 is 11.3 Å². The van der Waals surface area contributed by atoms with Gasteiger partial charge in [-0.2, -0.15) is 11.3 Å². The van der Waals surface area contributed by atoms with Crippen LogP contribution in [0.3, 0.4) is 0 Å². The van der Waals surface area contributed by atoms with Gasteiger partial charge in [0.1, 0.15) is 0 Å². The highest BCUT2D eigenvalue weighted by atomic mass is 32.1. The van der Waals surface area contributed by atoms with Gasteiger partial charge in [-0.15, -0.1) is 0 Å². The van der Waals surface area contributed by atoms with Crippen LogP contribution in [0.2, 0.25) is 0 Å². The Morgan fingerprint density at radius 2 is 2.22 bits per heavy atom. The average Bonchev–Trinajstić information content (AvgIpc) is 2.81. The van der Waals surface area contributed by atoms with Gasteiger partial charge in [-0.25, -0.2) is 19.6 Å². The number of anilines is 2. The highest BCUT2D eigenvalue weighted by Crippen LogP contribution is 2.22. The highest BCUT2D eigenvalue weighted by molar-refractivity contribution is 7.07. The second-order valence-electron chi connectivity index (χ2n) is 3.76. The zero-order valence-corrected chi connectivity index (χ0v) is 10.5. The fourth-order valence-electron chi connectivity index (χ4n) is 1.56. The summed E-state index contributed by atoms with van der Waals surface area (Å²) < 4.78 is 26.8. The van der Waals surface area contributed by atoms with Crippen molar-refractivity contribution < 1.29 is 8.78 Å². The summed E-state index contributed by atoms with van der Waals surface area (Å²) in [7, 11) is 1.68. The third kappa shape index (κ3) is 2.57. The number of aromatic nitrogens is 1. The number of nitrogen functional groups attached to an aromatic ring is 1. The molecule has 0 aromatic carbocycles. The maximum Gasteiger partial charge on any atom is 0.178 e. The fourth-order valence-corrected chi connectivity index (χ4v) is 2.22. The monoisotopic (exact) mass is 270 g/mol. The minimum absolute atomic E-state index is 0.0514. The summed E-state index contributed by atoms with van der Waals surface area (Å²) in [6, 6.07) is 2.70. The summed E-state index contributed by atoms with van der Waals surface area (Å²) in [4.78, 5) is 5.41. The van der Waals surface area contributed by atoms with Crippen molar-refractivity contribution in [3.63, 3.8) is 0 Å². The number of halogens is 2. The topological polar surface area (TPSA) is 54.2 Å². The predicted octanol–water partition coefficient (Wildman–Crippen LogP) is 2.34. The summed E-state index contributed by atoms with van der Waals surface area (Å²) in [5, 5.41) is 3.89. The average molecular weight is 270 g/mol. The number of pyridine rings is 1. The van der Waals surface area contributed by atoms with Gasteiger partial charge in [-0.05, 0) is 22.4 Å². The van der Waals surface area contributed by atoms with Gasteiger partial charge in [0, 0.05) is 19.7 Å². The van der Waals surface area contributed by atoms with Crippen LogP contribution in [-0.2, 0) is 6.54 Å². The van der Waals surface area contributed by atoms with Crippen LogP contribution in [0.5, 0.6) is 0 Å². The fraction of sp³-hybridized carbons (Fsp3) is 0.182. The lowest BCUT2D eigenvalue weighted by Crippen LogP contribution is -2.21. The largest absolute Gasteiger partial charge is 0.353 e. The molecule has 18 heavy (non-hydrogen) atoms. The van der Waals surface area contributed by atoms with Crippen molar-refractivity contribution in [2.45, 2.75) is 6.54 Å². The van der Waals surface area contributed by atoms with Crippen molar-refractivity contribution in [3.05, 3.63) is 40.1 Å². The lowest BCUT2D eigenvalue weighted by molar-refractivity contribution is 0.572. The molecule has 2 rings (SSSR count). The van der Waals surface area contributed by atoms with E-state index in [-0.39, 0.29) is 11.6 Å². The first-order valence-corrected chi connectivity index (χ1v) is 6.11. The molecule has 0 saturated heterocycles. The van der Waals surface area contributed by atoms with E-state index in [0.717, 1.165) is 11.6 Å². The zero-order valence-electron chi connectivity index (χ0n) is 9.65. The van der Waals surface area contributed by atoms with Crippen molar-refractivity contribution in [1.82, 2.24) is 4.98 Å². The molecule has 0 amide bonds. The number of nitrogens with zero attached hydrogens (tertiary/aromatic N) is 2. The van der Waals surface area contributed by atoms with E-state index in [2.05, 4.69) is 10.4 Å². The second-order valence-corrected chi connectivity index (χ2v) is 4.54. The number of hydrogen-bond acceptors (Lipinski definition) is 5. The normalized spacial score (nSPS) is 10.4. The number of hydrazine groups is 1. The van der Waals surface area contributed by atoms with Gasteiger partial charge in [0.05, 0.1) is 0 Å². The molecule has 0 saturated carbocycles. The Bertz CT molecular complexity index is 530. The van der Waals surface area contributed by atoms with E-state index < -0.39 is 11.6 Å². The molecule has 2 aromatic rings. The molecule has 0 aliphatic rings. The molecule has 0 unspecified atom stereocenters. The Kier molecular flexibility index (Phi) is 3.73. The molecule has 0 fully saturated rings. The molecule has 2 aromatic heterocycles. The zero-order chi connectivity index (χ0) is 13.1. The number of nitrogens with one attached hydrogen (secondary N) is 1. The van der Waals surface area contributed by atoms with E-state index in [1.165, 1.54) is 0 Å². The lowest BCUT2D eigenvalue weighted by atomic mass is 10.3. The molecule has 3 N–H and O–H groups in total. The lowest BCUT2D eigenvalue weighted by Gasteiger charge is -2.19. The Labute approximate surface area is 107 Å². The van der Waals surface area contributed by atoms with Gasteiger partial charge in [0.2, 0.25) is 0 Å². The van der Waals surface area contributed by atoms with Crippen molar-refractivity contribution >= 4 is 23.0 Å². The summed E-state index contributed by atoms with van der Waals surface area (Å²) in [5.74, 6) is 3.45. The maximum atomic E-state index is 13.6. The molecule has 96 valence electrons. The number of thiophene rings is 1. The van der Waals surface area contributed by atoms with Crippen LogP contribution in [0, 0.1) is 11.6 Å². The number of nitrogens with two attached hydrogens (primary N) is 1. The molecule has 0 bridgehead atoms. The van der Waals surface area contributed by atoms with E-state index in [0.29, 0.717) is 6.54 Å². The maximum absolute atomic E-state index is 13.6. The molecule has 2 heterocycles. The van der Waals surface area contributed by atoms with Crippen molar-refractivity contribution in [1.29, 1.82) is 0 Å². The van der Waals surface area contributed by atoms with Crippen molar-refractivity contribution in [2.75, 3.05) is 17.4 Å². The van der Waals surface area contributed by atoms with Crippen LogP contribution in [-0.4, -0.2) is 12.0 Å². The number of hydrogen-bond donors (Lipinski definition) is 2. The van der Waals surface area contributed by atoms with E-state index in [1.54, 1.807) is 23.3 Å². The molecule has 4 nitrogen and oxygen atoms in total. The molecule has 7 heteroatoms. The van der Waals surface area contributed by atoms with Gasteiger partial charge >= 0.3 is 0 Å². The Morgan fingerprint density at radius 1 is 1.44 bits per heavy atom. The van der Waals surface area contributed by atoms with E-state index in [1.807, 2.05) is 16.8 Å². The SMILES string of the molecule is CN(Cc1ccsc1)c1nc(NN)c(F)cc1F. The molecule has 0 spiro atoms. The van der Waals surface area contributed by atoms with E-state index in [4.69, 9.17) is 5.84 Å². The summed E-state index contributed by atoms with van der Waals surface area (Å²) in [5.41, 5.74) is 3.14. The first-order valence-electron chi connectivity index (χ1n) is 5.16.